The van der Waals surface area contributed by atoms with Crippen LogP contribution in [0.5, 0.6) is 0 Å². The summed E-state index contributed by atoms with van der Waals surface area (Å²) in [5, 5.41) is 3.30. The van der Waals surface area contributed by atoms with Crippen molar-refractivity contribution in [2.45, 2.75) is 34.1 Å². The average Bonchev–Trinajstić information content (AvgIpc) is 3.00. The van der Waals surface area contributed by atoms with E-state index in [2.05, 4.69) is 24.1 Å². The van der Waals surface area contributed by atoms with Gasteiger partial charge in [-0.25, -0.2) is 0 Å². The van der Waals surface area contributed by atoms with E-state index in [4.69, 9.17) is 4.99 Å². The molecule has 1 aliphatic heterocycles. The highest BCUT2D eigenvalue weighted by molar-refractivity contribution is 14.0. The molecule has 1 saturated heterocycles. The third-order valence-electron chi connectivity index (χ3n) is 4.50. The van der Waals surface area contributed by atoms with Crippen molar-refractivity contribution in [3.05, 3.63) is 0 Å². The Morgan fingerprint density at radius 2 is 1.92 bits per heavy atom. The van der Waals surface area contributed by atoms with Crippen molar-refractivity contribution >= 4 is 35.8 Å². The Morgan fingerprint density at radius 3 is 2.42 bits per heavy atom. The molecule has 0 bridgehead atoms. The lowest BCUT2D eigenvalue weighted by molar-refractivity contribution is -0.131. The summed E-state index contributed by atoms with van der Waals surface area (Å²) in [6.07, 6.45) is 1.22. The summed E-state index contributed by atoms with van der Waals surface area (Å²) in [6.45, 7) is 15.3. The molecule has 1 amide bonds. The highest BCUT2D eigenvalue weighted by Crippen LogP contribution is 2.15. The SMILES string of the molecule is CCNC(=NCC1CCN(CC)C1)N(C)CC(=O)N(CC)CC.I. The lowest BCUT2D eigenvalue weighted by Gasteiger charge is -2.26. The summed E-state index contributed by atoms with van der Waals surface area (Å²) in [7, 11) is 1.94. The Bertz CT molecular complexity index is 387. The van der Waals surface area contributed by atoms with Gasteiger partial charge in [-0.2, -0.15) is 0 Å². The van der Waals surface area contributed by atoms with Crippen LogP contribution in [0.4, 0.5) is 0 Å². The fourth-order valence-electron chi connectivity index (χ4n) is 2.99. The first kappa shape index (κ1) is 23.4. The van der Waals surface area contributed by atoms with Crippen molar-refractivity contribution in [3.63, 3.8) is 0 Å². The minimum atomic E-state index is 0. The molecule has 1 unspecified atom stereocenters. The van der Waals surface area contributed by atoms with Crippen LogP contribution in [0.25, 0.3) is 0 Å². The third-order valence-corrected chi connectivity index (χ3v) is 4.50. The van der Waals surface area contributed by atoms with E-state index >= 15 is 0 Å². The van der Waals surface area contributed by atoms with Crippen molar-refractivity contribution in [3.8, 4) is 0 Å². The largest absolute Gasteiger partial charge is 0.357 e. The first-order valence-corrected chi connectivity index (χ1v) is 9.05. The molecule has 0 radical (unpaired) electrons. The van der Waals surface area contributed by atoms with Gasteiger partial charge in [-0.15, -0.1) is 24.0 Å². The molecule has 0 aromatic heterocycles. The summed E-state index contributed by atoms with van der Waals surface area (Å²) >= 11 is 0. The molecule has 1 fully saturated rings. The Morgan fingerprint density at radius 1 is 1.25 bits per heavy atom. The minimum Gasteiger partial charge on any atom is -0.357 e. The zero-order chi connectivity index (χ0) is 17.2. The molecular formula is C17H36IN5O. The predicted molar refractivity (Wildman–Crippen MR) is 112 cm³/mol. The van der Waals surface area contributed by atoms with Crippen LogP contribution in [-0.2, 0) is 4.79 Å². The molecule has 24 heavy (non-hydrogen) atoms. The molecule has 6 nitrogen and oxygen atoms in total. The van der Waals surface area contributed by atoms with E-state index in [1.54, 1.807) is 0 Å². The minimum absolute atomic E-state index is 0. The molecule has 142 valence electrons. The maximum absolute atomic E-state index is 12.3. The predicted octanol–water partition coefficient (Wildman–Crippen LogP) is 1.71. The Balaban J connectivity index is 0.00000529. The van der Waals surface area contributed by atoms with E-state index in [9.17, 15) is 4.79 Å². The number of likely N-dealkylation sites (N-methyl/N-ethyl adjacent to an activating group) is 2. The van der Waals surface area contributed by atoms with Crippen molar-refractivity contribution in [2.24, 2.45) is 10.9 Å². The van der Waals surface area contributed by atoms with Crippen LogP contribution in [0.3, 0.4) is 0 Å². The van der Waals surface area contributed by atoms with Crippen molar-refractivity contribution in [1.82, 2.24) is 20.0 Å². The first-order valence-electron chi connectivity index (χ1n) is 9.05. The van der Waals surface area contributed by atoms with Crippen LogP contribution >= 0.6 is 24.0 Å². The number of nitrogens with one attached hydrogen (secondary N) is 1. The average molecular weight is 453 g/mol. The molecular weight excluding hydrogens is 417 g/mol. The fourth-order valence-corrected chi connectivity index (χ4v) is 2.99. The number of aliphatic imine (C=N–C) groups is 1. The van der Waals surface area contributed by atoms with Crippen LogP contribution < -0.4 is 5.32 Å². The number of guanidine groups is 1. The van der Waals surface area contributed by atoms with E-state index in [1.807, 2.05) is 30.7 Å². The molecule has 7 heteroatoms. The van der Waals surface area contributed by atoms with Gasteiger partial charge in [0.25, 0.3) is 0 Å². The van der Waals surface area contributed by atoms with Gasteiger partial charge in [-0.1, -0.05) is 6.92 Å². The number of rotatable bonds is 8. The van der Waals surface area contributed by atoms with Gasteiger partial charge in [0.2, 0.25) is 5.91 Å². The molecule has 1 atom stereocenters. The van der Waals surface area contributed by atoms with E-state index in [0.29, 0.717) is 12.5 Å². The monoisotopic (exact) mass is 453 g/mol. The van der Waals surface area contributed by atoms with Crippen LogP contribution in [0.2, 0.25) is 0 Å². The molecule has 0 spiro atoms. The molecule has 1 rings (SSSR count). The van der Waals surface area contributed by atoms with Gasteiger partial charge in [0.05, 0.1) is 6.54 Å². The first-order chi connectivity index (χ1) is 11.0. The number of halogens is 1. The van der Waals surface area contributed by atoms with E-state index < -0.39 is 0 Å². The Kier molecular flexibility index (Phi) is 12.4. The van der Waals surface area contributed by atoms with E-state index in [1.165, 1.54) is 13.0 Å². The molecule has 1 heterocycles. The van der Waals surface area contributed by atoms with E-state index in [0.717, 1.165) is 45.2 Å². The third kappa shape index (κ3) is 7.55. The molecule has 0 aromatic carbocycles. The Hall–Kier alpha value is -0.570. The maximum atomic E-state index is 12.3. The van der Waals surface area contributed by atoms with Crippen LogP contribution in [-0.4, -0.2) is 86.0 Å². The second-order valence-corrected chi connectivity index (χ2v) is 6.16. The highest BCUT2D eigenvalue weighted by atomic mass is 127. The molecule has 0 aliphatic carbocycles. The number of nitrogens with zero attached hydrogens (tertiary/aromatic N) is 4. The second-order valence-electron chi connectivity index (χ2n) is 6.16. The molecule has 1 N–H and O–H groups in total. The zero-order valence-electron chi connectivity index (χ0n) is 16.0. The summed E-state index contributed by atoms with van der Waals surface area (Å²) in [5.41, 5.74) is 0. The van der Waals surface area contributed by atoms with Gasteiger partial charge < -0.3 is 20.0 Å². The smallest absolute Gasteiger partial charge is 0.242 e. The zero-order valence-corrected chi connectivity index (χ0v) is 18.4. The van der Waals surface area contributed by atoms with Gasteiger partial charge in [-0.3, -0.25) is 9.79 Å². The van der Waals surface area contributed by atoms with Gasteiger partial charge in [0.1, 0.15) is 0 Å². The molecule has 0 aromatic rings. The number of carbonyl (C=O) groups is 1. The standard InChI is InChI=1S/C17H35N5O.HI/c1-6-18-17(19-12-15-10-11-21(7-2)13-15)20(5)14-16(23)22(8-3)9-4;/h15H,6-14H2,1-5H3,(H,18,19);1H. The van der Waals surface area contributed by atoms with Gasteiger partial charge in [0.15, 0.2) is 5.96 Å². The summed E-state index contributed by atoms with van der Waals surface area (Å²) < 4.78 is 0. The van der Waals surface area contributed by atoms with Crippen LogP contribution in [0, 0.1) is 5.92 Å². The van der Waals surface area contributed by atoms with Crippen LogP contribution in [0.15, 0.2) is 4.99 Å². The number of likely N-dealkylation sites (tertiary alicyclic amines) is 1. The van der Waals surface area contributed by atoms with Crippen molar-refractivity contribution in [2.75, 3.05) is 59.4 Å². The lowest BCUT2D eigenvalue weighted by Crippen LogP contribution is -2.45. The number of amides is 1. The van der Waals surface area contributed by atoms with Gasteiger partial charge in [0, 0.05) is 39.8 Å². The van der Waals surface area contributed by atoms with Crippen molar-refractivity contribution < 1.29 is 4.79 Å². The number of carbonyl (C=O) groups excluding carboxylic acids is 1. The van der Waals surface area contributed by atoms with Gasteiger partial charge >= 0.3 is 0 Å². The summed E-state index contributed by atoms with van der Waals surface area (Å²) in [4.78, 5) is 23.3. The summed E-state index contributed by atoms with van der Waals surface area (Å²) in [5.74, 6) is 1.62. The fraction of sp³-hybridized carbons (Fsp3) is 0.882. The number of hydrogen-bond acceptors (Lipinski definition) is 3. The molecule has 0 saturated carbocycles. The Labute approximate surface area is 165 Å². The topological polar surface area (TPSA) is 51.2 Å². The quantitative estimate of drug-likeness (QED) is 0.346. The lowest BCUT2D eigenvalue weighted by atomic mass is 10.1. The maximum Gasteiger partial charge on any atom is 0.242 e. The second kappa shape index (κ2) is 12.7. The van der Waals surface area contributed by atoms with Crippen LogP contribution in [0.1, 0.15) is 34.1 Å². The highest BCUT2D eigenvalue weighted by Gasteiger charge is 2.21. The summed E-state index contributed by atoms with van der Waals surface area (Å²) in [6, 6.07) is 0. The normalized spacial score (nSPS) is 18.2. The number of hydrogen-bond donors (Lipinski definition) is 1. The van der Waals surface area contributed by atoms with Crippen molar-refractivity contribution in [1.29, 1.82) is 0 Å². The van der Waals surface area contributed by atoms with E-state index in [-0.39, 0.29) is 29.9 Å². The van der Waals surface area contributed by atoms with Gasteiger partial charge in [-0.05, 0) is 46.2 Å². The molecule has 1 aliphatic rings.